The third-order valence-electron chi connectivity index (χ3n) is 6.67. The molecule has 2 aliphatic heterocycles. The molecule has 1 unspecified atom stereocenters. The van der Waals surface area contributed by atoms with Crippen molar-refractivity contribution in [1.82, 2.24) is 14.9 Å². The van der Waals surface area contributed by atoms with E-state index in [2.05, 4.69) is 25.5 Å². The van der Waals surface area contributed by atoms with Gasteiger partial charge in [-0.2, -0.15) is 0 Å². The third-order valence-corrected chi connectivity index (χ3v) is 7.74. The van der Waals surface area contributed by atoms with Crippen molar-refractivity contribution in [3.8, 4) is 5.88 Å². The number of aliphatic hydroxyl groups is 1. The minimum Gasteiger partial charge on any atom is -0.481 e. The van der Waals surface area contributed by atoms with E-state index in [4.69, 9.17) is 10.5 Å². The summed E-state index contributed by atoms with van der Waals surface area (Å²) in [7, 11) is 1.53. The number of thioether (sulfide) groups is 1. The van der Waals surface area contributed by atoms with Crippen LogP contribution in [0.1, 0.15) is 24.5 Å². The molecule has 10 nitrogen and oxygen atoms in total. The first kappa shape index (κ1) is 24.4. The van der Waals surface area contributed by atoms with E-state index in [1.54, 1.807) is 24.4 Å². The number of ether oxygens (including phenoxy) is 1. The van der Waals surface area contributed by atoms with Gasteiger partial charge in [0.1, 0.15) is 5.52 Å². The summed E-state index contributed by atoms with van der Waals surface area (Å²) < 4.78 is 5.20. The van der Waals surface area contributed by atoms with Gasteiger partial charge in [0, 0.05) is 36.8 Å². The van der Waals surface area contributed by atoms with Gasteiger partial charge < -0.3 is 31.1 Å². The molecule has 3 aromatic rings. The molecule has 0 aliphatic carbocycles. The molecular formula is C25H28N6O4S. The number of pyridine rings is 2. The van der Waals surface area contributed by atoms with E-state index in [1.165, 1.54) is 18.9 Å². The van der Waals surface area contributed by atoms with Crippen molar-refractivity contribution in [1.29, 1.82) is 0 Å². The molecule has 4 heterocycles. The van der Waals surface area contributed by atoms with Crippen molar-refractivity contribution in [2.75, 3.05) is 43.1 Å². The van der Waals surface area contributed by atoms with Crippen LogP contribution in [0.5, 0.6) is 5.88 Å². The van der Waals surface area contributed by atoms with Crippen molar-refractivity contribution in [3.05, 3.63) is 48.2 Å². The number of piperidine rings is 1. The first-order valence-electron chi connectivity index (χ1n) is 11.7. The molecule has 1 atom stereocenters. The number of aliphatic hydroxyl groups excluding tert-OH is 1. The molecule has 2 aliphatic rings. The van der Waals surface area contributed by atoms with E-state index in [0.717, 1.165) is 16.1 Å². The molecule has 36 heavy (non-hydrogen) atoms. The van der Waals surface area contributed by atoms with Crippen LogP contribution in [0.15, 0.2) is 47.5 Å². The Labute approximate surface area is 212 Å². The van der Waals surface area contributed by atoms with Crippen LogP contribution in [-0.4, -0.2) is 69.8 Å². The van der Waals surface area contributed by atoms with E-state index < -0.39 is 11.6 Å². The number of anilines is 2. The van der Waals surface area contributed by atoms with E-state index in [9.17, 15) is 14.7 Å². The van der Waals surface area contributed by atoms with Gasteiger partial charge in [0.25, 0.3) is 0 Å². The third kappa shape index (κ3) is 5.00. The molecule has 5 N–H and O–H groups in total. The maximum atomic E-state index is 13.2. The van der Waals surface area contributed by atoms with Crippen molar-refractivity contribution in [3.63, 3.8) is 0 Å². The van der Waals surface area contributed by atoms with Gasteiger partial charge in [-0.1, -0.05) is 6.07 Å². The molecule has 0 spiro atoms. The number of rotatable bonds is 6. The van der Waals surface area contributed by atoms with Gasteiger partial charge in [-0.05, 0) is 42.7 Å². The number of nitrogens with one attached hydrogen (secondary N) is 2. The Morgan fingerprint density at radius 3 is 2.89 bits per heavy atom. The van der Waals surface area contributed by atoms with Gasteiger partial charge in [-0.25, -0.2) is 4.98 Å². The standard InChI is InChI=1S/C25H28N6O4S/c1-35-22-5-3-16-23(30-22)17(6-9-27-16)29-24(34)25(26)7-10-31(11-8-25)13-19(32)15-2-4-20-18(12-15)28-21(33)14-36-20/h2-6,9,12,19,32H,7-8,10-11,13-14,26H2,1H3,(H,28,33)(H,27,29,34). The fourth-order valence-electron chi connectivity index (χ4n) is 4.49. The summed E-state index contributed by atoms with van der Waals surface area (Å²) in [6.07, 6.45) is 1.79. The molecular weight excluding hydrogens is 480 g/mol. The van der Waals surface area contributed by atoms with Gasteiger partial charge in [0.05, 0.1) is 41.4 Å². The largest absolute Gasteiger partial charge is 0.481 e. The van der Waals surface area contributed by atoms with Gasteiger partial charge in [-0.15, -0.1) is 11.8 Å². The maximum absolute atomic E-state index is 13.2. The molecule has 2 aromatic heterocycles. The average Bonchev–Trinajstić information content (AvgIpc) is 2.89. The van der Waals surface area contributed by atoms with Crippen molar-refractivity contribution in [2.24, 2.45) is 5.73 Å². The number of β-amino-alcohol motifs (C(OH)–C–C–N with tert-alkyl or cyclic N) is 1. The number of carbonyl (C=O) groups is 2. The first-order chi connectivity index (χ1) is 17.3. The topological polar surface area (TPSA) is 143 Å². The molecule has 1 aromatic carbocycles. The lowest BCUT2D eigenvalue weighted by Gasteiger charge is -2.38. The van der Waals surface area contributed by atoms with Crippen LogP contribution in [0.4, 0.5) is 11.4 Å². The van der Waals surface area contributed by atoms with Gasteiger partial charge in [-0.3, -0.25) is 14.6 Å². The Morgan fingerprint density at radius 1 is 1.31 bits per heavy atom. The van der Waals surface area contributed by atoms with Crippen LogP contribution < -0.4 is 21.1 Å². The lowest BCUT2D eigenvalue weighted by molar-refractivity contribution is -0.123. The number of hydrogen-bond acceptors (Lipinski definition) is 9. The summed E-state index contributed by atoms with van der Waals surface area (Å²) in [5.41, 5.74) is 8.69. The quantitative estimate of drug-likeness (QED) is 0.394. The predicted octanol–water partition coefficient (Wildman–Crippen LogP) is 2.15. The van der Waals surface area contributed by atoms with Crippen molar-refractivity contribution < 1.29 is 19.4 Å². The number of hydrogen-bond donors (Lipinski definition) is 4. The fraction of sp³-hybridized carbons (Fsp3) is 0.360. The monoisotopic (exact) mass is 508 g/mol. The van der Waals surface area contributed by atoms with E-state index in [-0.39, 0.29) is 11.8 Å². The molecule has 188 valence electrons. The number of methoxy groups -OCH3 is 1. The summed E-state index contributed by atoms with van der Waals surface area (Å²) in [6.45, 7) is 1.56. The fourth-order valence-corrected chi connectivity index (χ4v) is 5.28. The highest BCUT2D eigenvalue weighted by Gasteiger charge is 2.38. The highest BCUT2D eigenvalue weighted by Crippen LogP contribution is 2.34. The smallest absolute Gasteiger partial charge is 0.244 e. The summed E-state index contributed by atoms with van der Waals surface area (Å²) in [6, 6.07) is 10.8. The highest BCUT2D eigenvalue weighted by molar-refractivity contribution is 8.00. The molecule has 0 radical (unpaired) electrons. The number of fused-ring (bicyclic) bond motifs is 2. The van der Waals surface area contributed by atoms with E-state index >= 15 is 0 Å². The molecule has 1 saturated heterocycles. The predicted molar refractivity (Wildman–Crippen MR) is 138 cm³/mol. The summed E-state index contributed by atoms with van der Waals surface area (Å²) in [5, 5.41) is 16.6. The number of benzene rings is 1. The molecule has 1 fully saturated rings. The van der Waals surface area contributed by atoms with Crippen molar-refractivity contribution >= 4 is 46.0 Å². The van der Waals surface area contributed by atoms with Crippen LogP contribution in [0.3, 0.4) is 0 Å². The zero-order valence-corrected chi connectivity index (χ0v) is 20.7. The Kier molecular flexibility index (Phi) is 6.80. The number of amides is 2. The number of carbonyl (C=O) groups excluding carboxylic acids is 2. The zero-order chi connectivity index (χ0) is 25.3. The van der Waals surface area contributed by atoms with Crippen LogP contribution in [0.2, 0.25) is 0 Å². The van der Waals surface area contributed by atoms with Gasteiger partial charge >= 0.3 is 0 Å². The molecule has 0 bridgehead atoms. The summed E-state index contributed by atoms with van der Waals surface area (Å²) in [4.78, 5) is 36.7. The SMILES string of the molecule is COc1ccc2nccc(NC(=O)C3(N)CCN(CC(O)c4ccc5c(c4)NC(=O)CS5)CC3)c2n1. The number of nitrogens with two attached hydrogens (primary N) is 1. The summed E-state index contributed by atoms with van der Waals surface area (Å²) >= 11 is 1.49. The first-order valence-corrected chi connectivity index (χ1v) is 12.7. The second-order valence-electron chi connectivity index (χ2n) is 9.10. The Bertz CT molecular complexity index is 1310. The molecule has 2 amide bonds. The van der Waals surface area contributed by atoms with E-state index in [1.807, 2.05) is 18.2 Å². The minimum atomic E-state index is -1.04. The Balaban J connectivity index is 1.21. The number of aromatic nitrogens is 2. The van der Waals surface area contributed by atoms with Gasteiger partial charge in [0.2, 0.25) is 17.7 Å². The number of nitrogens with zero attached hydrogens (tertiary/aromatic N) is 3. The van der Waals surface area contributed by atoms with Crippen molar-refractivity contribution in [2.45, 2.75) is 29.4 Å². The zero-order valence-electron chi connectivity index (χ0n) is 19.9. The van der Waals surface area contributed by atoms with Gasteiger partial charge in [0.15, 0.2) is 0 Å². The highest BCUT2D eigenvalue weighted by atomic mass is 32.2. The molecule has 11 heteroatoms. The van der Waals surface area contributed by atoms with Crippen LogP contribution >= 0.6 is 11.8 Å². The Hall–Kier alpha value is -3.25. The maximum Gasteiger partial charge on any atom is 0.244 e. The minimum absolute atomic E-state index is 0.0394. The van der Waals surface area contributed by atoms with Crippen LogP contribution in [0.25, 0.3) is 11.0 Å². The Morgan fingerprint density at radius 2 is 2.11 bits per heavy atom. The number of likely N-dealkylation sites (tertiary alicyclic amines) is 1. The second kappa shape index (κ2) is 10.0. The average molecular weight is 509 g/mol. The molecule has 0 saturated carbocycles. The lowest BCUT2D eigenvalue weighted by atomic mass is 9.87. The second-order valence-corrected chi connectivity index (χ2v) is 10.1. The molecule has 5 rings (SSSR count). The van der Waals surface area contributed by atoms with Crippen LogP contribution in [0, 0.1) is 0 Å². The van der Waals surface area contributed by atoms with E-state index in [0.29, 0.717) is 60.8 Å². The van der Waals surface area contributed by atoms with Crippen LogP contribution in [-0.2, 0) is 9.59 Å². The summed E-state index contributed by atoms with van der Waals surface area (Å²) in [5.74, 6) is 0.518. The normalized spacial score (nSPS) is 18.2. The lowest BCUT2D eigenvalue weighted by Crippen LogP contribution is -2.58.